The number of aryl methyl sites for hydroxylation is 2. The second kappa shape index (κ2) is 7.68. The largest absolute Gasteiger partial charge is 0.493 e. The highest BCUT2D eigenvalue weighted by atomic mass is 16.5. The molecular formula is C19H23NO3. The van der Waals surface area contributed by atoms with Gasteiger partial charge in [-0.05, 0) is 49.6 Å². The van der Waals surface area contributed by atoms with Gasteiger partial charge in [0.1, 0.15) is 0 Å². The first-order chi connectivity index (χ1) is 11.0. The molecule has 1 N–H and O–H groups in total. The lowest BCUT2D eigenvalue weighted by Gasteiger charge is -2.11. The number of carbonyl (C=O) groups excluding carboxylic acids is 1. The second-order valence-corrected chi connectivity index (χ2v) is 5.51. The summed E-state index contributed by atoms with van der Waals surface area (Å²) in [7, 11) is 3.23. The van der Waals surface area contributed by atoms with Crippen LogP contribution in [-0.2, 0) is 6.42 Å². The van der Waals surface area contributed by atoms with Crippen LogP contribution in [0.5, 0.6) is 11.5 Å². The highest BCUT2D eigenvalue weighted by Gasteiger charge is 2.09. The lowest BCUT2D eigenvalue weighted by atomic mass is 10.1. The van der Waals surface area contributed by atoms with Crippen LogP contribution in [0.2, 0.25) is 0 Å². The molecule has 4 nitrogen and oxygen atoms in total. The van der Waals surface area contributed by atoms with Crippen LogP contribution >= 0.6 is 0 Å². The monoisotopic (exact) mass is 313 g/mol. The fourth-order valence-corrected chi connectivity index (χ4v) is 2.52. The molecule has 0 aliphatic rings. The maximum atomic E-state index is 12.2. The zero-order valence-electron chi connectivity index (χ0n) is 14.1. The van der Waals surface area contributed by atoms with E-state index >= 15 is 0 Å². The van der Waals surface area contributed by atoms with Gasteiger partial charge >= 0.3 is 0 Å². The van der Waals surface area contributed by atoms with Gasteiger partial charge in [0.2, 0.25) is 0 Å². The Hall–Kier alpha value is -2.49. The lowest BCUT2D eigenvalue weighted by molar-refractivity contribution is 0.0953. The Balaban J connectivity index is 1.95. The van der Waals surface area contributed by atoms with Crippen molar-refractivity contribution in [1.29, 1.82) is 0 Å². The molecule has 2 aromatic carbocycles. The van der Waals surface area contributed by atoms with Gasteiger partial charge in [-0.1, -0.05) is 23.8 Å². The summed E-state index contributed by atoms with van der Waals surface area (Å²) in [5, 5.41) is 2.96. The zero-order chi connectivity index (χ0) is 16.8. The van der Waals surface area contributed by atoms with E-state index in [1.807, 2.05) is 50.2 Å². The molecule has 0 aromatic heterocycles. The van der Waals surface area contributed by atoms with Gasteiger partial charge in [-0.25, -0.2) is 0 Å². The molecule has 0 aliphatic heterocycles. The Kier molecular flexibility index (Phi) is 5.63. The van der Waals surface area contributed by atoms with Crippen LogP contribution in [0.4, 0.5) is 0 Å². The van der Waals surface area contributed by atoms with Crippen molar-refractivity contribution in [3.05, 3.63) is 58.7 Å². The average molecular weight is 313 g/mol. The Bertz CT molecular complexity index is 695. The second-order valence-electron chi connectivity index (χ2n) is 5.51. The van der Waals surface area contributed by atoms with E-state index in [9.17, 15) is 4.79 Å². The van der Waals surface area contributed by atoms with Crippen LogP contribution < -0.4 is 14.8 Å². The summed E-state index contributed by atoms with van der Waals surface area (Å²) in [5.74, 6) is 1.37. The molecule has 1 amide bonds. The van der Waals surface area contributed by atoms with E-state index in [4.69, 9.17) is 9.47 Å². The summed E-state index contributed by atoms with van der Waals surface area (Å²) in [6.07, 6.45) is 0.733. The first kappa shape index (κ1) is 16.9. The summed E-state index contributed by atoms with van der Waals surface area (Å²) >= 11 is 0. The average Bonchev–Trinajstić information content (AvgIpc) is 2.54. The molecule has 0 fully saturated rings. The van der Waals surface area contributed by atoms with Crippen molar-refractivity contribution in [2.75, 3.05) is 20.8 Å². The standard InChI is InChI=1S/C19H23NO3/c1-13-5-7-16(14(2)11-13)19(21)20-10-9-15-6-8-17(22-3)18(12-15)23-4/h5-8,11-12H,9-10H2,1-4H3,(H,20,21). The van der Waals surface area contributed by atoms with Gasteiger partial charge in [-0.15, -0.1) is 0 Å². The smallest absolute Gasteiger partial charge is 0.251 e. The maximum absolute atomic E-state index is 12.2. The van der Waals surface area contributed by atoms with Crippen LogP contribution in [0.1, 0.15) is 27.0 Å². The molecule has 0 saturated heterocycles. The van der Waals surface area contributed by atoms with Crippen molar-refractivity contribution in [3.8, 4) is 11.5 Å². The number of amides is 1. The Morgan fingerprint density at radius 3 is 2.39 bits per heavy atom. The summed E-state index contributed by atoms with van der Waals surface area (Å²) < 4.78 is 10.5. The Morgan fingerprint density at radius 2 is 1.74 bits per heavy atom. The summed E-state index contributed by atoms with van der Waals surface area (Å²) in [6.45, 7) is 4.55. The van der Waals surface area contributed by atoms with E-state index in [2.05, 4.69) is 5.32 Å². The normalized spacial score (nSPS) is 10.3. The van der Waals surface area contributed by atoms with Gasteiger partial charge in [0.15, 0.2) is 11.5 Å². The molecule has 0 saturated carbocycles. The molecule has 0 atom stereocenters. The first-order valence-electron chi connectivity index (χ1n) is 7.61. The van der Waals surface area contributed by atoms with E-state index in [1.54, 1.807) is 14.2 Å². The number of hydrogen-bond donors (Lipinski definition) is 1. The minimum absolute atomic E-state index is 0.0389. The van der Waals surface area contributed by atoms with Gasteiger partial charge < -0.3 is 14.8 Å². The van der Waals surface area contributed by atoms with Crippen LogP contribution in [0.25, 0.3) is 0 Å². The van der Waals surface area contributed by atoms with E-state index in [-0.39, 0.29) is 5.91 Å². The molecule has 4 heteroatoms. The predicted octanol–water partition coefficient (Wildman–Crippen LogP) is 3.29. The quantitative estimate of drug-likeness (QED) is 0.890. The van der Waals surface area contributed by atoms with Crippen LogP contribution in [0, 0.1) is 13.8 Å². The molecule has 0 unspecified atom stereocenters. The fraction of sp³-hybridized carbons (Fsp3) is 0.316. The van der Waals surface area contributed by atoms with Gasteiger partial charge in [-0.2, -0.15) is 0 Å². The zero-order valence-corrected chi connectivity index (χ0v) is 14.1. The fourth-order valence-electron chi connectivity index (χ4n) is 2.52. The van der Waals surface area contributed by atoms with Gasteiger partial charge in [-0.3, -0.25) is 4.79 Å². The third kappa shape index (κ3) is 4.25. The van der Waals surface area contributed by atoms with Gasteiger partial charge in [0.25, 0.3) is 5.91 Å². The lowest BCUT2D eigenvalue weighted by Crippen LogP contribution is -2.26. The molecule has 2 aromatic rings. The molecule has 0 radical (unpaired) electrons. The molecule has 23 heavy (non-hydrogen) atoms. The number of benzene rings is 2. The number of nitrogens with one attached hydrogen (secondary N) is 1. The number of methoxy groups -OCH3 is 2. The van der Waals surface area contributed by atoms with Crippen molar-refractivity contribution in [1.82, 2.24) is 5.32 Å². The molecule has 0 aliphatic carbocycles. The highest BCUT2D eigenvalue weighted by molar-refractivity contribution is 5.95. The maximum Gasteiger partial charge on any atom is 0.251 e. The third-order valence-corrected chi connectivity index (χ3v) is 3.77. The van der Waals surface area contributed by atoms with Crippen molar-refractivity contribution < 1.29 is 14.3 Å². The van der Waals surface area contributed by atoms with E-state index < -0.39 is 0 Å². The minimum Gasteiger partial charge on any atom is -0.493 e. The summed E-state index contributed by atoms with van der Waals surface area (Å²) in [6, 6.07) is 11.6. The van der Waals surface area contributed by atoms with E-state index in [1.165, 1.54) is 0 Å². The topological polar surface area (TPSA) is 47.6 Å². The van der Waals surface area contributed by atoms with Crippen LogP contribution in [0.3, 0.4) is 0 Å². The van der Waals surface area contributed by atoms with Crippen molar-refractivity contribution >= 4 is 5.91 Å². The van der Waals surface area contributed by atoms with E-state index in [0.717, 1.165) is 28.7 Å². The third-order valence-electron chi connectivity index (χ3n) is 3.77. The van der Waals surface area contributed by atoms with Gasteiger partial charge in [0, 0.05) is 12.1 Å². The van der Waals surface area contributed by atoms with Crippen molar-refractivity contribution in [3.63, 3.8) is 0 Å². The predicted molar refractivity (Wildman–Crippen MR) is 91.5 cm³/mol. The first-order valence-corrected chi connectivity index (χ1v) is 7.61. The Morgan fingerprint density at radius 1 is 1.00 bits per heavy atom. The highest BCUT2D eigenvalue weighted by Crippen LogP contribution is 2.27. The van der Waals surface area contributed by atoms with E-state index in [0.29, 0.717) is 18.0 Å². The number of rotatable bonds is 6. The van der Waals surface area contributed by atoms with Crippen molar-refractivity contribution in [2.45, 2.75) is 20.3 Å². The number of carbonyl (C=O) groups is 1. The molecule has 122 valence electrons. The van der Waals surface area contributed by atoms with Crippen molar-refractivity contribution in [2.24, 2.45) is 0 Å². The van der Waals surface area contributed by atoms with Crippen LogP contribution in [-0.4, -0.2) is 26.7 Å². The minimum atomic E-state index is -0.0389. The summed E-state index contributed by atoms with van der Waals surface area (Å²) in [5.41, 5.74) is 3.96. The number of hydrogen-bond acceptors (Lipinski definition) is 3. The number of ether oxygens (including phenoxy) is 2. The molecule has 0 heterocycles. The van der Waals surface area contributed by atoms with Gasteiger partial charge in [0.05, 0.1) is 14.2 Å². The molecule has 2 rings (SSSR count). The summed E-state index contributed by atoms with van der Waals surface area (Å²) in [4.78, 5) is 12.2. The Labute approximate surface area is 137 Å². The molecule has 0 bridgehead atoms. The molecular weight excluding hydrogens is 290 g/mol. The SMILES string of the molecule is COc1ccc(CCNC(=O)c2ccc(C)cc2C)cc1OC. The molecule has 0 spiro atoms. The van der Waals surface area contributed by atoms with Crippen LogP contribution in [0.15, 0.2) is 36.4 Å².